The number of nitrogens with zero attached hydrogens (tertiary/aromatic N) is 3. The van der Waals surface area contributed by atoms with Gasteiger partial charge in [0.1, 0.15) is 13.2 Å². The van der Waals surface area contributed by atoms with E-state index in [-0.39, 0.29) is 43.4 Å². The maximum Gasteiger partial charge on any atom is 0.248 e. The number of anilines is 1. The van der Waals surface area contributed by atoms with Gasteiger partial charge in [-0.1, -0.05) is 55.8 Å². The normalized spacial score (nSPS) is 13.7. The van der Waals surface area contributed by atoms with Crippen molar-refractivity contribution in [2.75, 3.05) is 31.2 Å². The smallest absolute Gasteiger partial charge is 0.248 e. The maximum absolute atomic E-state index is 12.9. The first-order valence-corrected chi connectivity index (χ1v) is 10.9. The number of carbonyl (C=O) groups is 3. The van der Waals surface area contributed by atoms with E-state index < -0.39 is 0 Å². The van der Waals surface area contributed by atoms with Gasteiger partial charge in [0.25, 0.3) is 0 Å². The summed E-state index contributed by atoms with van der Waals surface area (Å²) < 4.78 is 0. The summed E-state index contributed by atoms with van der Waals surface area (Å²) in [7, 11) is 0. The summed E-state index contributed by atoms with van der Waals surface area (Å²) in [5, 5.41) is 0.585. The van der Waals surface area contributed by atoms with Gasteiger partial charge in [-0.25, -0.2) is 0 Å². The van der Waals surface area contributed by atoms with Crippen LogP contribution in [-0.2, 0) is 20.8 Å². The van der Waals surface area contributed by atoms with Crippen LogP contribution in [0.15, 0.2) is 54.6 Å². The zero-order chi connectivity index (χ0) is 22.4. The first-order chi connectivity index (χ1) is 14.8. The molecule has 0 saturated carbocycles. The van der Waals surface area contributed by atoms with E-state index in [2.05, 4.69) is 0 Å². The number of rotatable bonds is 8. The predicted molar refractivity (Wildman–Crippen MR) is 122 cm³/mol. The van der Waals surface area contributed by atoms with E-state index in [1.54, 1.807) is 34.1 Å². The Labute approximate surface area is 188 Å². The van der Waals surface area contributed by atoms with Crippen LogP contribution in [0, 0.1) is 5.92 Å². The summed E-state index contributed by atoms with van der Waals surface area (Å²) >= 11 is 5.92. The molecule has 164 valence electrons. The molecule has 0 radical (unpaired) electrons. The van der Waals surface area contributed by atoms with Gasteiger partial charge in [0.2, 0.25) is 17.7 Å². The van der Waals surface area contributed by atoms with E-state index in [0.29, 0.717) is 30.1 Å². The van der Waals surface area contributed by atoms with Crippen molar-refractivity contribution in [1.29, 1.82) is 0 Å². The third-order valence-corrected chi connectivity index (χ3v) is 5.42. The summed E-state index contributed by atoms with van der Waals surface area (Å²) in [6.07, 6.45) is 0.981. The molecule has 1 heterocycles. The van der Waals surface area contributed by atoms with Gasteiger partial charge in [0.15, 0.2) is 0 Å². The highest BCUT2D eigenvalue weighted by Gasteiger charge is 2.33. The first-order valence-electron chi connectivity index (χ1n) is 10.5. The molecule has 3 amide bonds. The molecular weight excluding hydrogens is 414 g/mol. The molecule has 1 fully saturated rings. The molecule has 0 N–H and O–H groups in total. The van der Waals surface area contributed by atoms with Crippen molar-refractivity contribution in [2.45, 2.75) is 26.7 Å². The van der Waals surface area contributed by atoms with E-state index in [1.165, 1.54) is 4.90 Å². The highest BCUT2D eigenvalue weighted by atomic mass is 35.5. The number of hydrogen-bond donors (Lipinski definition) is 0. The molecule has 0 spiro atoms. The number of hydrogen-bond acceptors (Lipinski definition) is 3. The van der Waals surface area contributed by atoms with E-state index in [0.717, 1.165) is 5.56 Å². The van der Waals surface area contributed by atoms with Crippen LogP contribution in [0.3, 0.4) is 0 Å². The molecule has 7 heteroatoms. The maximum atomic E-state index is 12.9. The molecule has 1 saturated heterocycles. The monoisotopic (exact) mass is 441 g/mol. The van der Waals surface area contributed by atoms with Gasteiger partial charge in [-0.15, -0.1) is 0 Å². The predicted octanol–water partition coefficient (Wildman–Crippen LogP) is 3.59. The average Bonchev–Trinajstić information content (AvgIpc) is 3.14. The van der Waals surface area contributed by atoms with Crippen molar-refractivity contribution < 1.29 is 14.4 Å². The van der Waals surface area contributed by atoms with Crippen LogP contribution >= 0.6 is 11.6 Å². The lowest BCUT2D eigenvalue weighted by atomic mass is 10.1. The van der Waals surface area contributed by atoms with E-state index in [9.17, 15) is 14.4 Å². The highest BCUT2D eigenvalue weighted by Crippen LogP contribution is 2.22. The summed E-state index contributed by atoms with van der Waals surface area (Å²) in [6, 6.07) is 16.8. The second-order valence-corrected chi connectivity index (χ2v) is 8.62. The zero-order valence-corrected chi connectivity index (χ0v) is 18.7. The quantitative estimate of drug-likeness (QED) is 0.629. The molecule has 0 aliphatic carbocycles. The van der Waals surface area contributed by atoms with Crippen LogP contribution in [0.4, 0.5) is 5.69 Å². The topological polar surface area (TPSA) is 60.9 Å². The third kappa shape index (κ3) is 6.31. The van der Waals surface area contributed by atoms with Crippen LogP contribution in [0.5, 0.6) is 0 Å². The lowest BCUT2D eigenvalue weighted by Gasteiger charge is -2.26. The van der Waals surface area contributed by atoms with Gasteiger partial charge in [-0.05, 0) is 42.2 Å². The summed E-state index contributed by atoms with van der Waals surface area (Å²) in [6.45, 7) is 4.70. The van der Waals surface area contributed by atoms with E-state index >= 15 is 0 Å². The molecule has 0 aromatic heterocycles. The van der Waals surface area contributed by atoms with Crippen LogP contribution in [0.1, 0.15) is 25.8 Å². The Kier molecular flexibility index (Phi) is 7.69. The number of aryl methyl sites for hydroxylation is 1. The van der Waals surface area contributed by atoms with Crippen LogP contribution < -0.4 is 4.90 Å². The lowest BCUT2D eigenvalue weighted by Crippen LogP contribution is -2.44. The van der Waals surface area contributed by atoms with Crippen molar-refractivity contribution in [2.24, 2.45) is 5.92 Å². The number of carbonyl (C=O) groups excluding carboxylic acids is 3. The van der Waals surface area contributed by atoms with E-state index in [1.807, 2.05) is 44.2 Å². The Morgan fingerprint density at radius 2 is 1.74 bits per heavy atom. The first kappa shape index (κ1) is 22.8. The summed E-state index contributed by atoms with van der Waals surface area (Å²) in [5.41, 5.74) is 1.79. The molecule has 0 unspecified atom stereocenters. The molecule has 2 aromatic carbocycles. The van der Waals surface area contributed by atoms with Gasteiger partial charge in [0.05, 0.1) is 6.54 Å². The summed E-state index contributed by atoms with van der Waals surface area (Å²) in [4.78, 5) is 42.9. The Bertz CT molecular complexity index is 915. The van der Waals surface area contributed by atoms with Crippen LogP contribution in [-0.4, -0.2) is 53.8 Å². The molecule has 1 aliphatic heterocycles. The van der Waals surface area contributed by atoms with Crippen LogP contribution in [0.2, 0.25) is 5.02 Å². The van der Waals surface area contributed by atoms with Crippen molar-refractivity contribution in [3.63, 3.8) is 0 Å². The Morgan fingerprint density at radius 3 is 2.39 bits per heavy atom. The van der Waals surface area contributed by atoms with Gasteiger partial charge in [-0.3, -0.25) is 19.3 Å². The highest BCUT2D eigenvalue weighted by molar-refractivity contribution is 6.30. The molecule has 0 bridgehead atoms. The van der Waals surface area contributed by atoms with Crippen molar-refractivity contribution in [3.05, 3.63) is 65.2 Å². The Balaban J connectivity index is 1.61. The number of halogens is 1. The second-order valence-electron chi connectivity index (χ2n) is 8.19. The minimum atomic E-state index is -0.224. The van der Waals surface area contributed by atoms with Gasteiger partial charge >= 0.3 is 0 Å². The molecule has 1 aliphatic rings. The van der Waals surface area contributed by atoms with Crippen LogP contribution in [0.25, 0.3) is 0 Å². The zero-order valence-electron chi connectivity index (χ0n) is 18.0. The molecular formula is C24H28ClN3O3. The van der Waals surface area contributed by atoms with E-state index in [4.69, 9.17) is 11.6 Å². The van der Waals surface area contributed by atoms with Gasteiger partial charge < -0.3 is 9.80 Å². The average molecular weight is 442 g/mol. The molecule has 6 nitrogen and oxygen atoms in total. The molecule has 31 heavy (non-hydrogen) atoms. The third-order valence-electron chi connectivity index (χ3n) is 5.17. The van der Waals surface area contributed by atoms with Gasteiger partial charge in [0, 0.05) is 23.7 Å². The largest absolute Gasteiger partial charge is 0.333 e. The van der Waals surface area contributed by atoms with Crippen molar-refractivity contribution >= 4 is 35.0 Å². The fraction of sp³-hybridized carbons (Fsp3) is 0.375. The lowest BCUT2D eigenvalue weighted by molar-refractivity contribution is -0.140. The van der Waals surface area contributed by atoms with Crippen molar-refractivity contribution in [1.82, 2.24) is 9.80 Å². The number of benzene rings is 2. The minimum absolute atomic E-state index is 0.00911. The standard InChI is InChI=1S/C24H28ClN3O3/c1-18(2)14-26(22(29)13-8-19-6-4-3-5-7-19)15-23(30)27-16-24(31)28(17-27)21-11-9-20(25)10-12-21/h3-7,9-12,18H,8,13-17H2,1-2H3. The number of amides is 3. The van der Waals surface area contributed by atoms with Gasteiger partial charge in [-0.2, -0.15) is 0 Å². The fourth-order valence-electron chi connectivity index (χ4n) is 3.57. The SMILES string of the molecule is CC(C)CN(CC(=O)N1CC(=O)N(c2ccc(Cl)cc2)C1)C(=O)CCc1ccccc1. The fourth-order valence-corrected chi connectivity index (χ4v) is 3.70. The summed E-state index contributed by atoms with van der Waals surface area (Å²) in [5.74, 6) is -0.190. The second kappa shape index (κ2) is 10.4. The Hall–Kier alpha value is -2.86. The van der Waals surface area contributed by atoms with Crippen molar-refractivity contribution in [3.8, 4) is 0 Å². The molecule has 3 rings (SSSR count). The Morgan fingerprint density at radius 1 is 1.06 bits per heavy atom. The molecule has 0 atom stereocenters. The minimum Gasteiger partial charge on any atom is -0.333 e. The molecule has 2 aromatic rings.